The summed E-state index contributed by atoms with van der Waals surface area (Å²) in [5.41, 5.74) is 2.43. The van der Waals surface area contributed by atoms with E-state index in [9.17, 15) is 13.2 Å². The predicted molar refractivity (Wildman–Crippen MR) is 110 cm³/mol. The van der Waals surface area contributed by atoms with Crippen molar-refractivity contribution in [2.45, 2.75) is 27.1 Å². The van der Waals surface area contributed by atoms with Crippen molar-refractivity contribution in [3.05, 3.63) is 65.6 Å². The third kappa shape index (κ3) is 4.54. The predicted octanol–water partition coefficient (Wildman–Crippen LogP) is 6.37. The second kappa shape index (κ2) is 8.71. The molecule has 0 saturated carbocycles. The number of ether oxygens (including phenoxy) is 1. The topological polar surface area (TPSA) is 52.8 Å². The Morgan fingerprint density at radius 2 is 1.70 bits per heavy atom. The molecular weight excluding hydrogens is 417 g/mol. The summed E-state index contributed by atoms with van der Waals surface area (Å²) in [6.07, 6.45) is -3.21. The van der Waals surface area contributed by atoms with Crippen molar-refractivity contribution in [2.24, 2.45) is 0 Å². The third-order valence-electron chi connectivity index (χ3n) is 4.00. The maximum absolute atomic E-state index is 12.5. The zero-order valence-electron chi connectivity index (χ0n) is 16.4. The first-order valence-electron chi connectivity index (χ1n) is 9.15. The molecule has 0 aliphatic heterocycles. The molecule has 0 saturated heterocycles. The van der Waals surface area contributed by atoms with Crippen LogP contribution in [0.25, 0.3) is 28.2 Å². The average Bonchev–Trinajstić information content (AvgIpc) is 3.05. The molecule has 30 heavy (non-hydrogen) atoms. The van der Waals surface area contributed by atoms with Gasteiger partial charge in [0, 0.05) is 5.56 Å². The van der Waals surface area contributed by atoms with E-state index in [-0.39, 0.29) is 5.02 Å². The van der Waals surface area contributed by atoms with Gasteiger partial charge in [0.15, 0.2) is 11.5 Å². The second-order valence-corrected chi connectivity index (χ2v) is 6.33. The molecule has 0 aliphatic carbocycles. The molecule has 0 aliphatic rings. The van der Waals surface area contributed by atoms with Gasteiger partial charge in [-0.05, 0) is 25.1 Å². The Hall–Kier alpha value is -3.13. The van der Waals surface area contributed by atoms with Crippen LogP contribution < -0.4 is 4.74 Å². The Balaban J connectivity index is 0.00000124. The summed E-state index contributed by atoms with van der Waals surface area (Å²) >= 11 is 5.99. The first-order valence-corrected chi connectivity index (χ1v) is 9.53. The molecule has 5 nitrogen and oxygen atoms in total. The van der Waals surface area contributed by atoms with Gasteiger partial charge < -0.3 is 4.74 Å². The molecule has 2 heterocycles. The van der Waals surface area contributed by atoms with Crippen LogP contribution in [0.4, 0.5) is 13.2 Å². The van der Waals surface area contributed by atoms with E-state index in [0.29, 0.717) is 28.5 Å². The van der Waals surface area contributed by atoms with Gasteiger partial charge in [0.1, 0.15) is 17.1 Å². The Bertz CT molecular complexity index is 1160. The minimum absolute atomic E-state index is 0.173. The van der Waals surface area contributed by atoms with Gasteiger partial charge in [-0.2, -0.15) is 0 Å². The first kappa shape index (κ1) is 21.6. The summed E-state index contributed by atoms with van der Waals surface area (Å²) in [7, 11) is 0. The summed E-state index contributed by atoms with van der Waals surface area (Å²) in [5.74, 6) is 0.632. The molecule has 0 bridgehead atoms. The van der Waals surface area contributed by atoms with Crippen LogP contribution in [0.3, 0.4) is 0 Å². The van der Waals surface area contributed by atoms with Gasteiger partial charge in [-0.1, -0.05) is 55.8 Å². The van der Waals surface area contributed by atoms with Crippen LogP contribution in [0.2, 0.25) is 5.02 Å². The smallest absolute Gasteiger partial charge is 0.404 e. The summed E-state index contributed by atoms with van der Waals surface area (Å²) in [6.45, 7) is 5.76. The molecule has 4 rings (SSSR count). The highest BCUT2D eigenvalue weighted by Crippen LogP contribution is 2.33. The zero-order valence-corrected chi connectivity index (χ0v) is 17.2. The lowest BCUT2D eigenvalue weighted by Gasteiger charge is -2.12. The van der Waals surface area contributed by atoms with Crippen LogP contribution >= 0.6 is 11.6 Å². The maximum Gasteiger partial charge on any atom is 0.573 e. The van der Waals surface area contributed by atoms with E-state index in [1.54, 1.807) is 17.7 Å². The van der Waals surface area contributed by atoms with E-state index in [1.807, 2.05) is 44.2 Å². The van der Waals surface area contributed by atoms with Crippen molar-refractivity contribution < 1.29 is 17.9 Å². The lowest BCUT2D eigenvalue weighted by atomic mass is 10.2. The SMILES string of the molecule is CC.Cc1nc2cnc(-c3ccccc3)nc2n1-c1ccc(OC(F)(F)F)c(Cl)c1. The molecule has 0 spiro atoms. The van der Waals surface area contributed by atoms with Crippen molar-refractivity contribution in [1.82, 2.24) is 19.5 Å². The zero-order chi connectivity index (χ0) is 21.9. The molecule has 0 amide bonds. The van der Waals surface area contributed by atoms with Gasteiger partial charge in [0.25, 0.3) is 0 Å². The van der Waals surface area contributed by atoms with Crippen LogP contribution in [-0.4, -0.2) is 25.9 Å². The Morgan fingerprint density at radius 1 is 1.00 bits per heavy atom. The average molecular weight is 435 g/mol. The van der Waals surface area contributed by atoms with E-state index in [0.717, 1.165) is 11.6 Å². The highest BCUT2D eigenvalue weighted by molar-refractivity contribution is 6.32. The number of benzene rings is 2. The molecule has 2 aromatic carbocycles. The molecule has 0 fully saturated rings. The van der Waals surface area contributed by atoms with Crippen LogP contribution in [0.5, 0.6) is 5.75 Å². The summed E-state index contributed by atoms with van der Waals surface area (Å²) in [5, 5.41) is -0.173. The number of alkyl halides is 3. The second-order valence-electron chi connectivity index (χ2n) is 5.93. The fraction of sp³-hybridized carbons (Fsp3) is 0.190. The number of fused-ring (bicyclic) bond motifs is 1. The quantitative estimate of drug-likeness (QED) is 0.376. The fourth-order valence-electron chi connectivity index (χ4n) is 2.86. The van der Waals surface area contributed by atoms with Crippen molar-refractivity contribution in [3.8, 4) is 22.8 Å². The summed E-state index contributed by atoms with van der Waals surface area (Å²) in [6, 6.07) is 13.4. The number of hydrogen-bond acceptors (Lipinski definition) is 4. The highest BCUT2D eigenvalue weighted by Gasteiger charge is 2.32. The van der Waals surface area contributed by atoms with Crippen LogP contribution in [0.1, 0.15) is 19.7 Å². The fourth-order valence-corrected chi connectivity index (χ4v) is 3.07. The van der Waals surface area contributed by atoms with E-state index in [1.165, 1.54) is 12.1 Å². The van der Waals surface area contributed by atoms with Crippen molar-refractivity contribution in [3.63, 3.8) is 0 Å². The van der Waals surface area contributed by atoms with E-state index >= 15 is 0 Å². The van der Waals surface area contributed by atoms with Crippen LogP contribution in [0.15, 0.2) is 54.7 Å². The number of hydrogen-bond donors (Lipinski definition) is 0. The normalized spacial score (nSPS) is 11.2. The van der Waals surface area contributed by atoms with E-state index in [2.05, 4.69) is 19.7 Å². The lowest BCUT2D eigenvalue weighted by Crippen LogP contribution is -2.17. The number of halogens is 4. The molecule has 0 N–H and O–H groups in total. The van der Waals surface area contributed by atoms with Crippen LogP contribution in [-0.2, 0) is 0 Å². The summed E-state index contributed by atoms with van der Waals surface area (Å²) in [4.78, 5) is 13.3. The van der Waals surface area contributed by atoms with Gasteiger partial charge in [-0.25, -0.2) is 15.0 Å². The van der Waals surface area contributed by atoms with Gasteiger partial charge in [0.2, 0.25) is 0 Å². The molecule has 2 aromatic heterocycles. The number of aromatic nitrogens is 4. The molecule has 156 valence electrons. The number of aryl methyl sites for hydroxylation is 1. The molecule has 0 unspecified atom stereocenters. The minimum Gasteiger partial charge on any atom is -0.404 e. The third-order valence-corrected chi connectivity index (χ3v) is 4.29. The summed E-state index contributed by atoms with van der Waals surface area (Å²) < 4.78 is 43.0. The van der Waals surface area contributed by atoms with Crippen molar-refractivity contribution in [2.75, 3.05) is 0 Å². The van der Waals surface area contributed by atoms with E-state index < -0.39 is 12.1 Å². The molecule has 9 heteroatoms. The van der Waals surface area contributed by atoms with Gasteiger partial charge in [-0.15, -0.1) is 13.2 Å². The van der Waals surface area contributed by atoms with E-state index in [4.69, 9.17) is 11.6 Å². The van der Waals surface area contributed by atoms with Crippen LogP contribution in [0, 0.1) is 6.92 Å². The number of rotatable bonds is 3. The minimum atomic E-state index is -4.82. The van der Waals surface area contributed by atoms with Gasteiger partial charge in [0.05, 0.1) is 16.9 Å². The first-order chi connectivity index (χ1) is 14.3. The Kier molecular flexibility index (Phi) is 6.26. The highest BCUT2D eigenvalue weighted by atomic mass is 35.5. The van der Waals surface area contributed by atoms with Gasteiger partial charge >= 0.3 is 6.36 Å². The number of nitrogens with zero attached hydrogens (tertiary/aromatic N) is 4. The monoisotopic (exact) mass is 434 g/mol. The molecule has 4 aromatic rings. The molecule has 0 radical (unpaired) electrons. The van der Waals surface area contributed by atoms with Crippen molar-refractivity contribution in [1.29, 1.82) is 0 Å². The lowest BCUT2D eigenvalue weighted by molar-refractivity contribution is -0.274. The maximum atomic E-state index is 12.5. The Labute approximate surface area is 176 Å². The Morgan fingerprint density at radius 3 is 2.33 bits per heavy atom. The van der Waals surface area contributed by atoms with Gasteiger partial charge in [-0.3, -0.25) is 4.57 Å². The largest absolute Gasteiger partial charge is 0.573 e. The molecule has 0 atom stereocenters. The standard InChI is InChI=1S/C19H12ClF3N4O.C2H6/c1-11-25-15-10-24-17(12-5-3-2-4-6-12)26-18(15)27(11)13-7-8-16(14(20)9-13)28-19(21,22)23;1-2/h2-10H,1H3;1-2H3. The molecular formula is C21H18ClF3N4O. The van der Waals surface area contributed by atoms with Crippen molar-refractivity contribution >= 4 is 22.8 Å². The number of imidazole rings is 1.